The monoisotopic (exact) mass is 827 g/mol. The molecule has 1 unspecified atom stereocenters. The summed E-state index contributed by atoms with van der Waals surface area (Å²) in [6, 6.07) is 80.5. The lowest BCUT2D eigenvalue weighted by atomic mass is 9.89. The largest absolute Gasteiger partial charge is 0.456 e. The Hall–Kier alpha value is -8.60. The van der Waals surface area contributed by atoms with Crippen molar-refractivity contribution >= 4 is 87.4 Å². The molecule has 0 amide bonds. The maximum Gasteiger partial charge on any atom is 0.135 e. The summed E-state index contributed by atoms with van der Waals surface area (Å²) in [5.74, 6) is 0.0673. The van der Waals surface area contributed by atoms with Crippen molar-refractivity contribution in [1.29, 1.82) is 0 Å². The lowest BCUT2D eigenvalue weighted by Gasteiger charge is -2.16. The molecule has 0 spiro atoms. The summed E-state index contributed by atoms with van der Waals surface area (Å²) in [5, 5.41) is 9.71. The van der Waals surface area contributed by atoms with Crippen LogP contribution in [0.1, 0.15) is 22.6 Å². The first-order valence-electron chi connectivity index (χ1n) is 22.5. The normalized spacial score (nSPS) is 13.7. The zero-order chi connectivity index (χ0) is 42.3. The fourth-order valence-corrected chi connectivity index (χ4v) is 11.6. The van der Waals surface area contributed by atoms with Gasteiger partial charge in [-0.3, -0.25) is 0 Å². The number of benzene rings is 10. The van der Waals surface area contributed by atoms with Crippen molar-refractivity contribution in [3.63, 3.8) is 0 Å². The van der Waals surface area contributed by atoms with Gasteiger partial charge >= 0.3 is 0 Å². The maximum atomic E-state index is 6.36. The summed E-state index contributed by atoms with van der Waals surface area (Å²) in [4.78, 5) is 0. The Balaban J connectivity index is 1.04. The minimum atomic E-state index is 0.0673. The van der Waals surface area contributed by atoms with E-state index in [0.717, 1.165) is 44.5 Å². The van der Waals surface area contributed by atoms with E-state index in [1.165, 1.54) is 87.7 Å². The molecule has 0 fully saturated rings. The molecule has 1 aliphatic carbocycles. The third-order valence-corrected chi connectivity index (χ3v) is 14.3. The zero-order valence-electron chi connectivity index (χ0n) is 35.1. The highest BCUT2D eigenvalue weighted by molar-refractivity contribution is 6.15. The Bertz CT molecular complexity index is 4200. The van der Waals surface area contributed by atoms with Gasteiger partial charge in [0.15, 0.2) is 0 Å². The van der Waals surface area contributed by atoms with Crippen LogP contribution in [-0.2, 0) is 0 Å². The number of aromatic nitrogens is 3. The molecule has 302 valence electrons. The first-order valence-corrected chi connectivity index (χ1v) is 22.5. The lowest BCUT2D eigenvalue weighted by molar-refractivity contribution is 0.669. The molecule has 0 N–H and O–H groups in total. The third kappa shape index (κ3) is 4.80. The van der Waals surface area contributed by atoms with Crippen molar-refractivity contribution in [3.8, 4) is 28.2 Å². The topological polar surface area (TPSA) is 27.9 Å². The molecule has 14 aromatic rings. The summed E-state index contributed by atoms with van der Waals surface area (Å²) in [6.45, 7) is 0. The highest BCUT2D eigenvalue weighted by atomic mass is 16.3. The molecule has 4 heteroatoms. The molecule has 1 atom stereocenters. The number of rotatable bonds is 4. The van der Waals surface area contributed by atoms with Crippen LogP contribution in [0.15, 0.2) is 223 Å². The van der Waals surface area contributed by atoms with E-state index in [9.17, 15) is 0 Å². The molecule has 15 rings (SSSR count). The van der Waals surface area contributed by atoms with Gasteiger partial charge in [0.2, 0.25) is 0 Å². The number of furan rings is 1. The molecule has 0 saturated carbocycles. The summed E-state index contributed by atoms with van der Waals surface area (Å²) in [5.41, 5.74) is 18.9. The summed E-state index contributed by atoms with van der Waals surface area (Å²) < 4.78 is 13.7. The van der Waals surface area contributed by atoms with Crippen LogP contribution in [0.2, 0.25) is 0 Å². The molecule has 4 nitrogen and oxygen atoms in total. The van der Waals surface area contributed by atoms with E-state index in [4.69, 9.17) is 4.42 Å². The van der Waals surface area contributed by atoms with Crippen molar-refractivity contribution in [2.45, 2.75) is 5.92 Å². The van der Waals surface area contributed by atoms with E-state index in [2.05, 4.69) is 226 Å². The van der Waals surface area contributed by atoms with Crippen LogP contribution in [-0.4, -0.2) is 13.7 Å². The van der Waals surface area contributed by atoms with Crippen molar-refractivity contribution in [3.05, 3.63) is 235 Å². The summed E-state index contributed by atoms with van der Waals surface area (Å²) in [6.07, 6.45) is 0. The van der Waals surface area contributed by atoms with Crippen molar-refractivity contribution in [2.75, 3.05) is 0 Å². The molecular formula is C61H37N3O. The van der Waals surface area contributed by atoms with E-state index in [0.29, 0.717) is 0 Å². The number of nitrogens with zero attached hydrogens (tertiary/aromatic N) is 3. The first-order chi connectivity index (χ1) is 32.2. The van der Waals surface area contributed by atoms with Gasteiger partial charge in [-0.1, -0.05) is 127 Å². The standard InChI is InChI=1S/C61H37N3O/c1-2-14-37(15-3-1)61-46-29-26-38(62-53-21-9-4-16-41(53)42-17-5-10-22-54(42)62)32-47(46)48-35-50-49-33-39(63-55-23-11-6-18-43(55)44-19-7-12-24-56(44)63)27-30-57(49)64(58(50)36-52(48)61)40-28-31-60-51(34-40)45-20-8-13-25-59(45)65-60/h1-36,61H. The first kappa shape index (κ1) is 34.9. The summed E-state index contributed by atoms with van der Waals surface area (Å²) in [7, 11) is 0. The lowest BCUT2D eigenvalue weighted by Crippen LogP contribution is -2.00. The van der Waals surface area contributed by atoms with Crippen LogP contribution in [0, 0.1) is 0 Å². The van der Waals surface area contributed by atoms with Gasteiger partial charge in [0.25, 0.3) is 0 Å². The Morgan fingerprint density at radius 2 is 0.723 bits per heavy atom. The second-order valence-corrected chi connectivity index (χ2v) is 17.6. The second-order valence-electron chi connectivity index (χ2n) is 17.6. The van der Waals surface area contributed by atoms with Gasteiger partial charge in [-0.25, -0.2) is 0 Å². The molecule has 0 bridgehead atoms. The average Bonchev–Trinajstić information content (AvgIpc) is 4.16. The molecule has 10 aromatic carbocycles. The Labute approximate surface area is 373 Å². The van der Waals surface area contributed by atoms with Crippen LogP contribution >= 0.6 is 0 Å². The third-order valence-electron chi connectivity index (χ3n) is 14.3. The minimum absolute atomic E-state index is 0.0673. The molecule has 4 heterocycles. The Kier molecular flexibility index (Phi) is 6.97. The predicted octanol–water partition coefficient (Wildman–Crippen LogP) is 16.0. The van der Waals surface area contributed by atoms with Crippen LogP contribution in [0.25, 0.3) is 116 Å². The van der Waals surface area contributed by atoms with E-state index in [1.807, 2.05) is 6.07 Å². The Morgan fingerprint density at radius 1 is 0.277 bits per heavy atom. The van der Waals surface area contributed by atoms with Gasteiger partial charge in [0.05, 0.1) is 33.1 Å². The Morgan fingerprint density at radius 3 is 1.37 bits per heavy atom. The fraction of sp³-hybridized carbons (Fsp3) is 0.0164. The molecule has 4 aromatic heterocycles. The van der Waals surface area contributed by atoms with Gasteiger partial charge in [-0.2, -0.15) is 0 Å². The van der Waals surface area contributed by atoms with Gasteiger partial charge in [-0.05, 0) is 119 Å². The number of hydrogen-bond donors (Lipinski definition) is 0. The van der Waals surface area contributed by atoms with Crippen LogP contribution < -0.4 is 0 Å². The number of hydrogen-bond acceptors (Lipinski definition) is 1. The van der Waals surface area contributed by atoms with E-state index < -0.39 is 0 Å². The maximum absolute atomic E-state index is 6.36. The van der Waals surface area contributed by atoms with Crippen LogP contribution in [0.4, 0.5) is 0 Å². The fourth-order valence-electron chi connectivity index (χ4n) is 11.6. The SMILES string of the molecule is c1ccc(C2c3ccc(-n4c5ccccc5c5ccccc54)cc3-c3cc4c5cc(-n6c7ccccc7c7ccccc76)ccc5n(-c5ccc6oc7ccccc7c6c5)c4cc32)cc1. The van der Waals surface area contributed by atoms with Gasteiger partial charge in [-0.15, -0.1) is 0 Å². The number of fused-ring (bicyclic) bond motifs is 15. The zero-order valence-corrected chi connectivity index (χ0v) is 35.1. The minimum Gasteiger partial charge on any atom is -0.456 e. The molecular weight excluding hydrogens is 791 g/mol. The average molecular weight is 828 g/mol. The van der Waals surface area contributed by atoms with Gasteiger partial charge < -0.3 is 18.1 Å². The van der Waals surface area contributed by atoms with E-state index in [1.54, 1.807) is 0 Å². The predicted molar refractivity (Wildman–Crippen MR) is 270 cm³/mol. The number of para-hydroxylation sites is 5. The highest BCUT2D eigenvalue weighted by Gasteiger charge is 2.32. The van der Waals surface area contributed by atoms with Gasteiger partial charge in [0, 0.05) is 66.1 Å². The van der Waals surface area contributed by atoms with Crippen LogP contribution in [0.5, 0.6) is 0 Å². The molecule has 0 saturated heterocycles. The smallest absolute Gasteiger partial charge is 0.135 e. The quantitative estimate of drug-likeness (QED) is 0.174. The second kappa shape index (κ2) is 13.0. The molecule has 0 aliphatic heterocycles. The van der Waals surface area contributed by atoms with E-state index in [-0.39, 0.29) is 5.92 Å². The van der Waals surface area contributed by atoms with Crippen LogP contribution in [0.3, 0.4) is 0 Å². The molecule has 0 radical (unpaired) electrons. The van der Waals surface area contributed by atoms with Gasteiger partial charge in [0.1, 0.15) is 11.2 Å². The highest BCUT2D eigenvalue weighted by Crippen LogP contribution is 2.52. The summed E-state index contributed by atoms with van der Waals surface area (Å²) >= 11 is 0. The molecule has 65 heavy (non-hydrogen) atoms. The van der Waals surface area contributed by atoms with E-state index >= 15 is 0 Å². The van der Waals surface area contributed by atoms with Crippen molar-refractivity contribution in [1.82, 2.24) is 13.7 Å². The molecule has 1 aliphatic rings. The van der Waals surface area contributed by atoms with Crippen molar-refractivity contribution in [2.24, 2.45) is 0 Å². The van der Waals surface area contributed by atoms with Crippen molar-refractivity contribution < 1.29 is 4.42 Å².